The molecule has 1 spiro atoms. The van der Waals surface area contributed by atoms with Gasteiger partial charge in [-0.2, -0.15) is 13.2 Å². The van der Waals surface area contributed by atoms with Crippen LogP contribution in [0.5, 0.6) is 5.75 Å². The van der Waals surface area contributed by atoms with Gasteiger partial charge in [0.15, 0.2) is 0 Å². The fourth-order valence-corrected chi connectivity index (χ4v) is 5.27. The molecule has 2 aromatic rings. The zero-order valence-electron chi connectivity index (χ0n) is 18.1. The van der Waals surface area contributed by atoms with Gasteiger partial charge in [-0.3, -0.25) is 9.78 Å². The predicted molar refractivity (Wildman–Crippen MR) is 113 cm³/mol. The number of rotatable bonds is 5. The molecule has 1 atom stereocenters. The molecule has 1 amide bonds. The number of carbonyl (C=O) groups is 2. The van der Waals surface area contributed by atoms with E-state index in [-0.39, 0.29) is 16.8 Å². The van der Waals surface area contributed by atoms with Crippen LogP contribution in [0.25, 0.3) is 0 Å². The van der Waals surface area contributed by atoms with Gasteiger partial charge >= 0.3 is 12.1 Å². The van der Waals surface area contributed by atoms with Crippen molar-refractivity contribution in [3.8, 4) is 5.75 Å². The van der Waals surface area contributed by atoms with E-state index in [2.05, 4.69) is 17.1 Å². The number of pyridine rings is 1. The van der Waals surface area contributed by atoms with Crippen LogP contribution in [-0.4, -0.2) is 67.9 Å². The smallest absolute Gasteiger partial charge is 0.488 e. The van der Waals surface area contributed by atoms with Crippen LogP contribution in [0.15, 0.2) is 29.0 Å². The lowest BCUT2D eigenvalue weighted by molar-refractivity contribution is -0.192. The van der Waals surface area contributed by atoms with Crippen molar-refractivity contribution in [3.05, 3.63) is 41.5 Å². The average Bonchev–Trinajstić information content (AvgIpc) is 3.31. The molecule has 180 valence electrons. The van der Waals surface area contributed by atoms with E-state index in [1.165, 1.54) is 0 Å². The second kappa shape index (κ2) is 10.0. The lowest BCUT2D eigenvalue weighted by atomic mass is 9.92. The van der Waals surface area contributed by atoms with Gasteiger partial charge in [0.1, 0.15) is 23.2 Å². The van der Waals surface area contributed by atoms with E-state index in [1.807, 2.05) is 35.7 Å². The highest BCUT2D eigenvalue weighted by Gasteiger charge is 2.52. The van der Waals surface area contributed by atoms with Crippen molar-refractivity contribution in [1.29, 1.82) is 0 Å². The van der Waals surface area contributed by atoms with E-state index in [1.54, 1.807) is 12.4 Å². The lowest BCUT2D eigenvalue weighted by Crippen LogP contribution is -2.61. The fraction of sp³-hybridized carbons (Fsp3) is 0.524. The van der Waals surface area contributed by atoms with E-state index < -0.39 is 12.1 Å². The third kappa shape index (κ3) is 5.98. The van der Waals surface area contributed by atoms with Gasteiger partial charge in [0.25, 0.3) is 5.91 Å². The molecule has 2 aliphatic heterocycles. The van der Waals surface area contributed by atoms with Crippen LogP contribution in [0.3, 0.4) is 0 Å². The number of hydrogen-bond acceptors (Lipinski definition) is 7. The number of alkyl halides is 3. The molecule has 12 heteroatoms. The SMILES string of the molecule is CCCc1onc(C)c1C(=O)N1CC2(CC(Oc3cccnc3)CS2)C1.O=C(O)C(F)(F)F. The highest BCUT2D eigenvalue weighted by atomic mass is 32.2. The van der Waals surface area contributed by atoms with Crippen molar-refractivity contribution in [2.45, 2.75) is 50.1 Å². The number of aromatic nitrogens is 2. The van der Waals surface area contributed by atoms with Crippen LogP contribution in [0.2, 0.25) is 0 Å². The molecule has 2 saturated heterocycles. The molecule has 4 rings (SSSR count). The number of aliphatic carboxylic acids is 1. The summed E-state index contributed by atoms with van der Waals surface area (Å²) in [6, 6.07) is 3.81. The first kappa shape index (κ1) is 24.9. The second-order valence-electron chi connectivity index (χ2n) is 7.91. The topological polar surface area (TPSA) is 106 Å². The van der Waals surface area contributed by atoms with Crippen molar-refractivity contribution in [2.75, 3.05) is 18.8 Å². The zero-order chi connectivity index (χ0) is 24.2. The van der Waals surface area contributed by atoms with Gasteiger partial charge in [0.05, 0.1) is 16.6 Å². The minimum absolute atomic E-state index is 0.0510. The number of carbonyl (C=O) groups excluding carboxylic acids is 1. The quantitative estimate of drug-likeness (QED) is 0.680. The van der Waals surface area contributed by atoms with Crippen LogP contribution in [-0.2, 0) is 11.2 Å². The summed E-state index contributed by atoms with van der Waals surface area (Å²) in [6.45, 7) is 5.44. The van der Waals surface area contributed by atoms with Crippen LogP contribution < -0.4 is 4.74 Å². The summed E-state index contributed by atoms with van der Waals surface area (Å²) in [7, 11) is 0. The number of amides is 1. The largest absolute Gasteiger partial charge is 0.490 e. The Labute approximate surface area is 192 Å². The molecular weight excluding hydrogens is 463 g/mol. The monoisotopic (exact) mass is 487 g/mol. The van der Waals surface area contributed by atoms with Crippen LogP contribution in [0.1, 0.15) is 41.6 Å². The maximum atomic E-state index is 12.9. The molecule has 4 heterocycles. The minimum atomic E-state index is -5.08. The van der Waals surface area contributed by atoms with E-state index in [4.69, 9.17) is 19.2 Å². The number of halogens is 3. The lowest BCUT2D eigenvalue weighted by Gasteiger charge is -2.47. The second-order valence-corrected chi connectivity index (χ2v) is 9.40. The Balaban J connectivity index is 0.000000383. The van der Waals surface area contributed by atoms with Crippen molar-refractivity contribution in [2.24, 2.45) is 0 Å². The van der Waals surface area contributed by atoms with E-state index >= 15 is 0 Å². The average molecular weight is 488 g/mol. The van der Waals surface area contributed by atoms with Crippen molar-refractivity contribution in [1.82, 2.24) is 15.0 Å². The molecule has 2 aliphatic rings. The van der Waals surface area contributed by atoms with Gasteiger partial charge in [-0.25, -0.2) is 4.79 Å². The number of thioether (sulfide) groups is 1. The Morgan fingerprint density at radius 2 is 2.09 bits per heavy atom. The van der Waals surface area contributed by atoms with Crippen LogP contribution in [0.4, 0.5) is 13.2 Å². The van der Waals surface area contributed by atoms with Crippen LogP contribution >= 0.6 is 11.8 Å². The van der Waals surface area contributed by atoms with Crippen molar-refractivity contribution >= 4 is 23.6 Å². The highest BCUT2D eigenvalue weighted by molar-refractivity contribution is 8.01. The first-order valence-electron chi connectivity index (χ1n) is 10.3. The summed E-state index contributed by atoms with van der Waals surface area (Å²) in [5.74, 6) is -0.230. The highest BCUT2D eigenvalue weighted by Crippen LogP contribution is 2.46. The molecule has 0 aliphatic carbocycles. The number of carboxylic acid groups (broad SMARTS) is 1. The molecule has 2 aromatic heterocycles. The number of likely N-dealkylation sites (tertiary alicyclic amines) is 1. The summed E-state index contributed by atoms with van der Waals surface area (Å²) < 4.78 is 43.2. The number of carboxylic acids is 1. The molecule has 0 radical (unpaired) electrons. The summed E-state index contributed by atoms with van der Waals surface area (Å²) in [5.41, 5.74) is 1.35. The Kier molecular flexibility index (Phi) is 7.55. The minimum Gasteiger partial charge on any atom is -0.488 e. The molecule has 0 aromatic carbocycles. The van der Waals surface area contributed by atoms with Crippen molar-refractivity contribution < 1.29 is 37.1 Å². The Morgan fingerprint density at radius 3 is 2.67 bits per heavy atom. The molecule has 8 nitrogen and oxygen atoms in total. The van der Waals surface area contributed by atoms with Gasteiger partial charge in [-0.1, -0.05) is 12.1 Å². The molecular formula is C21H24F3N3O5S. The van der Waals surface area contributed by atoms with E-state index in [9.17, 15) is 18.0 Å². The Hall–Kier alpha value is -2.76. The molecule has 1 N–H and O–H groups in total. The normalized spacial score (nSPS) is 18.9. The number of ether oxygens (including phenoxy) is 1. The molecule has 0 bridgehead atoms. The van der Waals surface area contributed by atoms with Gasteiger partial charge in [-0.05, 0) is 25.5 Å². The first-order valence-corrected chi connectivity index (χ1v) is 11.3. The van der Waals surface area contributed by atoms with Gasteiger partial charge < -0.3 is 19.3 Å². The standard InChI is InChI=1S/C19H23N3O3S.C2HF3O2/c1-3-5-16-17(13(2)21-25-16)18(23)22-11-19(12-22)8-15(10-26-19)24-14-6-4-7-20-9-14;3-2(4,5)1(6)7/h4,6-7,9,15H,3,5,8,10-12H2,1-2H3;(H,6,7). The Bertz CT molecular complexity index is 977. The van der Waals surface area contributed by atoms with Crippen molar-refractivity contribution in [3.63, 3.8) is 0 Å². The number of hydrogen-bond donors (Lipinski definition) is 1. The maximum absolute atomic E-state index is 12.9. The maximum Gasteiger partial charge on any atom is 0.490 e. The fourth-order valence-electron chi connectivity index (χ4n) is 3.75. The predicted octanol–water partition coefficient (Wildman–Crippen LogP) is 3.74. The van der Waals surface area contributed by atoms with E-state index in [0.717, 1.165) is 43.9 Å². The third-order valence-corrected chi connectivity index (χ3v) is 6.80. The van der Waals surface area contributed by atoms with E-state index in [0.29, 0.717) is 17.0 Å². The summed E-state index contributed by atoms with van der Waals surface area (Å²) in [4.78, 5) is 27.8. The summed E-state index contributed by atoms with van der Waals surface area (Å²) in [5, 5.41) is 11.1. The summed E-state index contributed by atoms with van der Waals surface area (Å²) >= 11 is 1.92. The third-order valence-electron chi connectivity index (χ3n) is 5.22. The van der Waals surface area contributed by atoms with Gasteiger partial charge in [0.2, 0.25) is 0 Å². The zero-order valence-corrected chi connectivity index (χ0v) is 18.9. The molecule has 33 heavy (non-hydrogen) atoms. The van der Waals surface area contributed by atoms with Gasteiger partial charge in [0, 0.05) is 37.9 Å². The molecule has 2 fully saturated rings. The Morgan fingerprint density at radius 1 is 1.39 bits per heavy atom. The molecule has 0 saturated carbocycles. The van der Waals surface area contributed by atoms with Gasteiger partial charge in [-0.15, -0.1) is 11.8 Å². The first-order chi connectivity index (χ1) is 15.5. The number of aryl methyl sites for hydroxylation is 2. The molecule has 1 unspecified atom stereocenters. The number of nitrogens with zero attached hydrogens (tertiary/aromatic N) is 3. The van der Waals surface area contributed by atoms with Crippen LogP contribution in [0, 0.1) is 6.92 Å². The summed E-state index contributed by atoms with van der Waals surface area (Å²) in [6.07, 6.45) is 1.22.